The second-order valence-corrected chi connectivity index (χ2v) is 14.7. The summed E-state index contributed by atoms with van der Waals surface area (Å²) in [6.45, 7) is 12.4. The predicted octanol–water partition coefficient (Wildman–Crippen LogP) is 7.71. The first-order valence-corrected chi connectivity index (χ1v) is 17.5. The first-order chi connectivity index (χ1) is 24.1. The van der Waals surface area contributed by atoms with Crippen LogP contribution in [0.4, 0.5) is 31.4 Å². The Morgan fingerprint density at radius 3 is 2.33 bits per heavy atom. The standard InChI is InChI=1S/C36H39FN8O5S/c1-19(21-14-11-15-39-29(21)45(33(46)49-35(2,3)4)34(47)50-36(5,6)7)44-16-17-48-31-24-27(42-32(51-8)43-30(24)44)25(37)28(41-31)26-22-13-10-9-12-20(22)18-23(38)40-26/h9-15,18-19H,16-17H2,1-8H3,(H2,38,40)/t19-/m1/s1. The maximum Gasteiger partial charge on any atom is 0.425 e. The molecule has 5 aromatic rings. The van der Waals surface area contributed by atoms with Crippen LogP contribution >= 0.6 is 11.8 Å². The van der Waals surface area contributed by atoms with Crippen molar-refractivity contribution in [1.82, 2.24) is 24.9 Å². The molecule has 266 valence electrons. The minimum atomic E-state index is -0.955. The molecule has 51 heavy (non-hydrogen) atoms. The summed E-state index contributed by atoms with van der Waals surface area (Å²) in [6, 6.07) is 11.9. The number of benzene rings is 1. The highest BCUT2D eigenvalue weighted by Crippen LogP contribution is 2.43. The van der Waals surface area contributed by atoms with E-state index in [-0.39, 0.29) is 53.0 Å². The number of aromatic nitrogens is 5. The van der Waals surface area contributed by atoms with Crippen LogP contribution in [0.1, 0.15) is 60.1 Å². The average molecular weight is 715 g/mol. The largest absolute Gasteiger partial charge is 0.475 e. The van der Waals surface area contributed by atoms with Crippen LogP contribution < -0.4 is 20.3 Å². The Kier molecular flexibility index (Phi) is 9.35. The summed E-state index contributed by atoms with van der Waals surface area (Å²) in [6.07, 6.45) is 1.35. The molecule has 0 saturated carbocycles. The van der Waals surface area contributed by atoms with E-state index >= 15 is 4.39 Å². The molecule has 1 aromatic carbocycles. The summed E-state index contributed by atoms with van der Waals surface area (Å²) in [7, 11) is 0. The van der Waals surface area contributed by atoms with Crippen molar-refractivity contribution in [2.45, 2.75) is 70.9 Å². The number of carbonyl (C=O) groups excluding carboxylic acids is 2. The molecule has 2 N–H and O–H groups in total. The summed E-state index contributed by atoms with van der Waals surface area (Å²) in [5, 5.41) is 2.00. The summed E-state index contributed by atoms with van der Waals surface area (Å²) in [5.74, 6) is -0.0130. The van der Waals surface area contributed by atoms with E-state index in [9.17, 15) is 9.59 Å². The number of nitrogens with zero attached hydrogens (tertiary/aromatic N) is 7. The molecule has 15 heteroatoms. The summed E-state index contributed by atoms with van der Waals surface area (Å²) >= 11 is 1.25. The van der Waals surface area contributed by atoms with Crippen LogP contribution in [0, 0.1) is 5.82 Å². The lowest BCUT2D eigenvalue weighted by atomic mass is 10.0. The van der Waals surface area contributed by atoms with E-state index in [4.69, 9.17) is 24.9 Å². The van der Waals surface area contributed by atoms with Crippen LogP contribution in [-0.4, -0.2) is 67.7 Å². The topological polar surface area (TPSA) is 159 Å². The summed E-state index contributed by atoms with van der Waals surface area (Å²) in [5.41, 5.74) is 4.96. The van der Waals surface area contributed by atoms with Crippen molar-refractivity contribution in [2.75, 3.05) is 34.9 Å². The van der Waals surface area contributed by atoms with Gasteiger partial charge in [0.1, 0.15) is 51.7 Å². The highest BCUT2D eigenvalue weighted by Gasteiger charge is 2.38. The molecule has 0 spiro atoms. The summed E-state index contributed by atoms with van der Waals surface area (Å²) in [4.78, 5) is 53.0. The number of imide groups is 1. The molecular formula is C36H39FN8O5S. The van der Waals surface area contributed by atoms with Crippen molar-refractivity contribution in [2.24, 2.45) is 0 Å². The molecule has 0 bridgehead atoms. The smallest absolute Gasteiger partial charge is 0.425 e. The van der Waals surface area contributed by atoms with Crippen molar-refractivity contribution >= 4 is 63.1 Å². The minimum absolute atomic E-state index is 0.00713. The second-order valence-electron chi connectivity index (χ2n) is 13.9. The fraction of sp³-hybridized carbons (Fsp3) is 0.361. The lowest BCUT2D eigenvalue weighted by Gasteiger charge is -2.33. The maximum absolute atomic E-state index is 16.8. The van der Waals surface area contributed by atoms with Gasteiger partial charge in [-0.15, -0.1) is 0 Å². The quantitative estimate of drug-likeness (QED) is 0.139. The van der Waals surface area contributed by atoms with Gasteiger partial charge in [-0.1, -0.05) is 42.1 Å². The van der Waals surface area contributed by atoms with Gasteiger partial charge in [-0.25, -0.2) is 38.9 Å². The molecule has 2 amide bonds. The van der Waals surface area contributed by atoms with Gasteiger partial charge in [-0.05, 0) is 72.2 Å². The van der Waals surface area contributed by atoms with Crippen LogP contribution in [-0.2, 0) is 9.47 Å². The van der Waals surface area contributed by atoms with Crippen LogP contribution in [0.2, 0.25) is 0 Å². The van der Waals surface area contributed by atoms with E-state index in [0.29, 0.717) is 21.9 Å². The first kappa shape index (κ1) is 35.5. The van der Waals surface area contributed by atoms with Crippen LogP contribution in [0.5, 0.6) is 5.88 Å². The molecule has 5 heterocycles. The van der Waals surface area contributed by atoms with Crippen molar-refractivity contribution in [3.8, 4) is 17.3 Å². The van der Waals surface area contributed by atoms with Crippen LogP contribution in [0.15, 0.2) is 53.8 Å². The van der Waals surface area contributed by atoms with E-state index in [0.717, 1.165) is 10.3 Å². The number of halogens is 1. The highest BCUT2D eigenvalue weighted by molar-refractivity contribution is 7.98. The number of pyridine rings is 3. The number of rotatable bonds is 5. The molecule has 0 aliphatic carbocycles. The van der Waals surface area contributed by atoms with Gasteiger partial charge in [-0.2, -0.15) is 4.90 Å². The van der Waals surface area contributed by atoms with Gasteiger partial charge >= 0.3 is 12.2 Å². The lowest BCUT2D eigenvalue weighted by molar-refractivity contribution is 0.0428. The number of nitrogens with two attached hydrogens (primary N) is 1. The van der Waals surface area contributed by atoms with Crippen molar-refractivity contribution in [3.63, 3.8) is 0 Å². The monoisotopic (exact) mass is 714 g/mol. The molecule has 1 aliphatic heterocycles. The van der Waals surface area contributed by atoms with Crippen molar-refractivity contribution < 1.29 is 28.2 Å². The molecule has 1 atom stereocenters. The number of nitrogen functional groups attached to an aromatic ring is 1. The molecule has 4 aromatic heterocycles. The normalized spacial score (nSPS) is 13.8. The van der Waals surface area contributed by atoms with Gasteiger partial charge in [0.25, 0.3) is 0 Å². The summed E-state index contributed by atoms with van der Waals surface area (Å²) < 4.78 is 34.3. The molecule has 13 nitrogen and oxygen atoms in total. The SMILES string of the molecule is CSc1nc2c3c(nc(-c4nc(N)cc5ccccc45)c(F)c3n1)OCCN2[C@H](C)c1cccnc1N(C(=O)OC(C)(C)C)C(=O)OC(C)(C)C. The third kappa shape index (κ3) is 7.16. The molecular weight excluding hydrogens is 676 g/mol. The zero-order chi connectivity index (χ0) is 36.8. The Morgan fingerprint density at radius 2 is 1.67 bits per heavy atom. The van der Waals surface area contributed by atoms with E-state index in [1.165, 1.54) is 18.0 Å². The molecule has 0 unspecified atom stereocenters. The number of hydrogen-bond acceptors (Lipinski definition) is 13. The number of fused-ring (bicyclic) bond motifs is 1. The Morgan fingerprint density at radius 1 is 0.980 bits per heavy atom. The number of anilines is 3. The zero-order valence-corrected chi connectivity index (χ0v) is 30.5. The van der Waals surface area contributed by atoms with Gasteiger partial charge in [-0.3, -0.25) is 0 Å². The first-order valence-electron chi connectivity index (χ1n) is 16.3. The zero-order valence-electron chi connectivity index (χ0n) is 29.6. The van der Waals surface area contributed by atoms with Gasteiger partial charge < -0.3 is 24.8 Å². The fourth-order valence-corrected chi connectivity index (χ4v) is 6.10. The van der Waals surface area contributed by atoms with Gasteiger partial charge in [0, 0.05) is 17.1 Å². The van der Waals surface area contributed by atoms with Gasteiger partial charge in [0.15, 0.2) is 16.8 Å². The third-order valence-electron chi connectivity index (χ3n) is 7.82. The minimum Gasteiger partial charge on any atom is -0.475 e. The Bertz CT molecular complexity index is 2140. The molecule has 0 radical (unpaired) electrons. The fourth-order valence-electron chi connectivity index (χ4n) is 5.74. The molecule has 1 aliphatic rings. The maximum atomic E-state index is 16.8. The third-order valence-corrected chi connectivity index (χ3v) is 8.37. The number of hydrogen-bond donors (Lipinski definition) is 1. The lowest BCUT2D eigenvalue weighted by Crippen LogP contribution is -2.45. The van der Waals surface area contributed by atoms with E-state index in [2.05, 4.69) is 19.9 Å². The predicted molar refractivity (Wildman–Crippen MR) is 195 cm³/mol. The van der Waals surface area contributed by atoms with Crippen LogP contribution in [0.3, 0.4) is 0 Å². The number of ether oxygens (including phenoxy) is 3. The Balaban J connectivity index is 1.52. The molecule has 0 saturated heterocycles. The van der Waals surface area contributed by atoms with E-state index in [1.54, 1.807) is 66.0 Å². The highest BCUT2D eigenvalue weighted by atomic mass is 32.2. The van der Waals surface area contributed by atoms with Crippen molar-refractivity contribution in [3.05, 3.63) is 60.0 Å². The van der Waals surface area contributed by atoms with E-state index < -0.39 is 35.2 Å². The van der Waals surface area contributed by atoms with Gasteiger partial charge in [0.2, 0.25) is 5.88 Å². The Hall–Kier alpha value is -5.31. The molecule has 0 fully saturated rings. The number of carbonyl (C=O) groups is 2. The van der Waals surface area contributed by atoms with Crippen LogP contribution in [0.25, 0.3) is 33.1 Å². The second kappa shape index (κ2) is 13.4. The Labute approximate surface area is 298 Å². The average Bonchev–Trinajstić information content (AvgIpc) is 3.23. The number of thioether (sulfide) groups is 1. The molecule has 6 rings (SSSR count). The number of amides is 2. The van der Waals surface area contributed by atoms with E-state index in [1.807, 2.05) is 36.1 Å². The van der Waals surface area contributed by atoms with Crippen molar-refractivity contribution in [1.29, 1.82) is 0 Å². The van der Waals surface area contributed by atoms with Gasteiger partial charge in [0.05, 0.1) is 12.6 Å².